The van der Waals surface area contributed by atoms with E-state index in [4.69, 9.17) is 27.9 Å². The number of carbonyl (C=O) groups excluding carboxylic acids is 2. The van der Waals surface area contributed by atoms with Gasteiger partial charge < -0.3 is 4.74 Å². The van der Waals surface area contributed by atoms with Crippen molar-refractivity contribution in [1.29, 1.82) is 0 Å². The number of thioether (sulfide) groups is 1. The average Bonchev–Trinajstić information content (AvgIpc) is 2.80. The highest BCUT2D eigenvalue weighted by Gasteiger charge is 2.46. The summed E-state index contributed by atoms with van der Waals surface area (Å²) in [5.74, 6) is -0.660. The molecule has 0 saturated carbocycles. The van der Waals surface area contributed by atoms with Crippen molar-refractivity contribution in [3.8, 4) is 0 Å². The molecule has 0 N–H and O–H groups in total. The van der Waals surface area contributed by atoms with Crippen LogP contribution in [0, 0.1) is 0 Å². The molecule has 0 spiro atoms. The number of methoxy groups -OCH3 is 1. The van der Waals surface area contributed by atoms with Gasteiger partial charge >= 0.3 is 5.97 Å². The van der Waals surface area contributed by atoms with E-state index in [1.54, 1.807) is 25.1 Å². The van der Waals surface area contributed by atoms with E-state index in [1.807, 2.05) is 6.92 Å². The van der Waals surface area contributed by atoms with Crippen LogP contribution in [0.25, 0.3) is 0 Å². The van der Waals surface area contributed by atoms with E-state index in [1.165, 1.54) is 23.8 Å². The van der Waals surface area contributed by atoms with Crippen LogP contribution in [0.4, 0.5) is 0 Å². The molecule has 2 aliphatic heterocycles. The number of amides is 1. The maximum atomic E-state index is 12.6. The van der Waals surface area contributed by atoms with Gasteiger partial charge in [-0.1, -0.05) is 41.0 Å². The fourth-order valence-electron chi connectivity index (χ4n) is 2.79. The molecule has 1 aromatic carbocycles. The number of esters is 1. The first-order chi connectivity index (χ1) is 11.3. The second kappa shape index (κ2) is 6.43. The summed E-state index contributed by atoms with van der Waals surface area (Å²) in [5.41, 5.74) is 1.42. The van der Waals surface area contributed by atoms with E-state index in [9.17, 15) is 9.59 Å². The maximum Gasteiger partial charge on any atom is 0.338 e. The van der Waals surface area contributed by atoms with E-state index in [0.29, 0.717) is 32.0 Å². The SMILES string of the molecule is COC(=O)C1=C(C)N=C2S[C@@H](C)C(=O)N2[C@H]1c1ccc(Cl)cc1Cl. The zero-order chi connectivity index (χ0) is 17.6. The number of ether oxygens (including phenoxy) is 1. The Labute approximate surface area is 153 Å². The van der Waals surface area contributed by atoms with Crippen LogP contribution in [-0.4, -0.2) is 34.3 Å². The second-order valence-corrected chi connectivity index (χ2v) is 7.57. The average molecular weight is 385 g/mol. The lowest BCUT2D eigenvalue weighted by Gasteiger charge is -2.33. The van der Waals surface area contributed by atoms with E-state index in [2.05, 4.69) is 4.99 Å². The van der Waals surface area contributed by atoms with Crippen LogP contribution in [0.2, 0.25) is 10.0 Å². The molecular weight excluding hydrogens is 371 g/mol. The molecule has 2 aliphatic rings. The molecule has 0 aromatic heterocycles. The molecule has 8 heteroatoms. The molecule has 5 nitrogen and oxygen atoms in total. The number of fused-ring (bicyclic) bond motifs is 1. The van der Waals surface area contributed by atoms with Crippen molar-refractivity contribution in [2.24, 2.45) is 4.99 Å². The van der Waals surface area contributed by atoms with Gasteiger partial charge in [0.1, 0.15) is 0 Å². The van der Waals surface area contributed by atoms with Crippen molar-refractivity contribution in [1.82, 2.24) is 4.90 Å². The van der Waals surface area contributed by atoms with Crippen molar-refractivity contribution in [3.05, 3.63) is 45.1 Å². The summed E-state index contributed by atoms with van der Waals surface area (Å²) in [7, 11) is 1.30. The summed E-state index contributed by atoms with van der Waals surface area (Å²) < 4.78 is 4.91. The second-order valence-electron chi connectivity index (χ2n) is 5.42. The fourth-order valence-corrected chi connectivity index (χ4v) is 4.33. The zero-order valence-corrected chi connectivity index (χ0v) is 15.5. The highest BCUT2D eigenvalue weighted by atomic mass is 35.5. The van der Waals surface area contributed by atoms with Gasteiger partial charge in [0.25, 0.3) is 0 Å². The molecule has 3 rings (SSSR count). The highest BCUT2D eigenvalue weighted by Crippen LogP contribution is 2.45. The number of halogens is 2. The molecule has 0 unspecified atom stereocenters. The van der Waals surface area contributed by atoms with Crippen LogP contribution in [-0.2, 0) is 14.3 Å². The lowest BCUT2D eigenvalue weighted by atomic mass is 9.94. The minimum atomic E-state index is -0.681. The normalized spacial score (nSPS) is 23.3. The number of carbonyl (C=O) groups is 2. The zero-order valence-electron chi connectivity index (χ0n) is 13.2. The maximum absolute atomic E-state index is 12.6. The molecule has 24 heavy (non-hydrogen) atoms. The summed E-state index contributed by atoms with van der Waals surface area (Å²) in [6.07, 6.45) is 0. The Kier molecular flexibility index (Phi) is 4.64. The molecule has 1 amide bonds. The number of hydrogen-bond acceptors (Lipinski definition) is 5. The Hall–Kier alpha value is -1.50. The Bertz CT molecular complexity index is 807. The van der Waals surface area contributed by atoms with Gasteiger partial charge in [0, 0.05) is 10.0 Å². The molecule has 0 bridgehead atoms. The fraction of sp³-hybridized carbons (Fsp3) is 0.312. The van der Waals surface area contributed by atoms with E-state index >= 15 is 0 Å². The first-order valence-corrected chi connectivity index (χ1v) is 8.81. The largest absolute Gasteiger partial charge is 0.466 e. The van der Waals surface area contributed by atoms with Crippen LogP contribution in [0.1, 0.15) is 25.5 Å². The Morgan fingerprint density at radius 3 is 2.71 bits per heavy atom. The first kappa shape index (κ1) is 17.3. The smallest absolute Gasteiger partial charge is 0.338 e. The number of rotatable bonds is 2. The molecule has 1 aromatic rings. The molecule has 2 atom stereocenters. The summed E-state index contributed by atoms with van der Waals surface area (Å²) >= 11 is 13.7. The number of aliphatic imine (C=N–C) groups is 1. The predicted octanol–water partition coefficient (Wildman–Crippen LogP) is 3.82. The van der Waals surface area contributed by atoms with Crippen LogP contribution in [0.3, 0.4) is 0 Å². The molecule has 1 fully saturated rings. The summed E-state index contributed by atoms with van der Waals surface area (Å²) in [4.78, 5) is 30.9. The molecular formula is C16H14Cl2N2O3S. The van der Waals surface area contributed by atoms with Gasteiger partial charge in [0.15, 0.2) is 5.17 Å². The number of amidine groups is 1. The monoisotopic (exact) mass is 384 g/mol. The minimum absolute atomic E-state index is 0.122. The third-order valence-electron chi connectivity index (χ3n) is 3.92. The summed E-state index contributed by atoms with van der Waals surface area (Å²) in [6.45, 7) is 3.53. The van der Waals surface area contributed by atoms with Crippen molar-refractivity contribution >= 4 is 52.0 Å². The van der Waals surface area contributed by atoms with Gasteiger partial charge in [-0.2, -0.15) is 0 Å². The third-order valence-corrected chi connectivity index (χ3v) is 5.54. The number of hydrogen-bond donors (Lipinski definition) is 0. The molecule has 1 saturated heterocycles. The quantitative estimate of drug-likeness (QED) is 0.727. The number of benzene rings is 1. The van der Waals surface area contributed by atoms with Crippen molar-refractivity contribution in [2.75, 3.05) is 7.11 Å². The lowest BCUT2D eigenvalue weighted by Crippen LogP contribution is -2.40. The Morgan fingerprint density at radius 1 is 1.38 bits per heavy atom. The molecule has 0 radical (unpaired) electrons. The van der Waals surface area contributed by atoms with Crippen LogP contribution in [0.5, 0.6) is 0 Å². The summed E-state index contributed by atoms with van der Waals surface area (Å²) in [6, 6.07) is 4.30. The third kappa shape index (κ3) is 2.72. The van der Waals surface area contributed by atoms with Gasteiger partial charge in [0.05, 0.1) is 29.7 Å². The lowest BCUT2D eigenvalue weighted by molar-refractivity contribution is -0.137. The Balaban J connectivity index is 2.22. The number of nitrogens with zero attached hydrogens (tertiary/aromatic N) is 2. The van der Waals surface area contributed by atoms with Gasteiger partial charge in [-0.05, 0) is 31.5 Å². The van der Waals surface area contributed by atoms with E-state index in [0.717, 1.165) is 0 Å². The van der Waals surface area contributed by atoms with Crippen LogP contribution >= 0.6 is 35.0 Å². The van der Waals surface area contributed by atoms with E-state index < -0.39 is 12.0 Å². The summed E-state index contributed by atoms with van der Waals surface area (Å²) in [5, 5.41) is 1.14. The highest BCUT2D eigenvalue weighted by molar-refractivity contribution is 8.15. The molecule has 2 heterocycles. The molecule has 126 valence electrons. The van der Waals surface area contributed by atoms with Gasteiger partial charge in [-0.25, -0.2) is 9.79 Å². The van der Waals surface area contributed by atoms with Crippen molar-refractivity contribution in [3.63, 3.8) is 0 Å². The molecule has 0 aliphatic carbocycles. The first-order valence-electron chi connectivity index (χ1n) is 7.17. The Morgan fingerprint density at radius 2 is 2.08 bits per heavy atom. The van der Waals surface area contributed by atoms with Gasteiger partial charge in [0.2, 0.25) is 5.91 Å². The number of allylic oxidation sites excluding steroid dienone is 1. The van der Waals surface area contributed by atoms with E-state index in [-0.39, 0.29) is 11.2 Å². The predicted molar refractivity (Wildman–Crippen MR) is 95.3 cm³/mol. The van der Waals surface area contributed by atoms with Gasteiger partial charge in [-0.3, -0.25) is 9.69 Å². The standard InChI is InChI=1S/C16H14Cl2N2O3S/c1-7-12(15(22)23-3)13(10-5-4-9(17)6-11(10)18)20-14(21)8(2)24-16(20)19-7/h4-6,8,13H,1-3H3/t8-,13-/m0/s1. The minimum Gasteiger partial charge on any atom is -0.466 e. The van der Waals surface area contributed by atoms with Crippen molar-refractivity contribution < 1.29 is 14.3 Å². The van der Waals surface area contributed by atoms with Crippen LogP contribution in [0.15, 0.2) is 34.5 Å². The van der Waals surface area contributed by atoms with Crippen molar-refractivity contribution in [2.45, 2.75) is 25.1 Å². The van der Waals surface area contributed by atoms with Gasteiger partial charge in [-0.15, -0.1) is 0 Å². The van der Waals surface area contributed by atoms with Crippen LogP contribution < -0.4 is 0 Å². The topological polar surface area (TPSA) is 59.0 Å².